The zero-order chi connectivity index (χ0) is 28.6. The minimum absolute atomic E-state index is 0.0458. The SMILES string of the molecule is CCCc1c(OCCCOc2ccc3c(c2CCC)OC(C)(CCC(=O)O)CC3=O)ccc(C(C)=O)c1OC. The van der Waals surface area contributed by atoms with Gasteiger partial charge < -0.3 is 24.1 Å². The largest absolute Gasteiger partial charge is 0.496 e. The van der Waals surface area contributed by atoms with Gasteiger partial charge in [-0.2, -0.15) is 0 Å². The highest BCUT2D eigenvalue weighted by Gasteiger charge is 2.38. The third kappa shape index (κ3) is 7.31. The summed E-state index contributed by atoms with van der Waals surface area (Å²) in [6.07, 6.45) is 4.06. The van der Waals surface area contributed by atoms with E-state index >= 15 is 0 Å². The second kappa shape index (κ2) is 13.5. The van der Waals surface area contributed by atoms with Crippen molar-refractivity contribution in [1.82, 2.24) is 0 Å². The van der Waals surface area contributed by atoms with Crippen LogP contribution in [-0.2, 0) is 17.6 Å². The summed E-state index contributed by atoms with van der Waals surface area (Å²) in [6.45, 7) is 8.24. The number of ketones is 2. The van der Waals surface area contributed by atoms with Crippen LogP contribution in [0.2, 0.25) is 0 Å². The van der Waals surface area contributed by atoms with Crippen LogP contribution in [0.25, 0.3) is 0 Å². The lowest BCUT2D eigenvalue weighted by Gasteiger charge is -2.36. The molecule has 2 aromatic rings. The van der Waals surface area contributed by atoms with Crippen molar-refractivity contribution in [3.8, 4) is 23.0 Å². The minimum atomic E-state index is -0.916. The van der Waals surface area contributed by atoms with Crippen molar-refractivity contribution < 1.29 is 38.4 Å². The van der Waals surface area contributed by atoms with Crippen molar-refractivity contribution in [3.05, 3.63) is 46.5 Å². The fraction of sp³-hybridized carbons (Fsp3) is 0.516. The molecule has 0 bridgehead atoms. The molecule has 0 radical (unpaired) electrons. The summed E-state index contributed by atoms with van der Waals surface area (Å²) >= 11 is 0. The van der Waals surface area contributed by atoms with Crippen molar-refractivity contribution in [3.63, 3.8) is 0 Å². The number of Topliss-reactive ketones (excluding diaryl/α,β-unsaturated/α-hetero) is 2. The van der Waals surface area contributed by atoms with Gasteiger partial charge in [-0.3, -0.25) is 14.4 Å². The van der Waals surface area contributed by atoms with E-state index in [0.717, 1.165) is 30.4 Å². The number of ether oxygens (including phenoxy) is 4. The Morgan fingerprint density at radius 3 is 2.21 bits per heavy atom. The molecule has 1 unspecified atom stereocenters. The molecule has 0 amide bonds. The van der Waals surface area contributed by atoms with Crippen LogP contribution in [0.15, 0.2) is 24.3 Å². The number of carbonyl (C=O) groups is 3. The predicted octanol–water partition coefficient (Wildman–Crippen LogP) is 6.24. The summed E-state index contributed by atoms with van der Waals surface area (Å²) in [5.74, 6) is 1.43. The maximum Gasteiger partial charge on any atom is 0.303 e. The van der Waals surface area contributed by atoms with Gasteiger partial charge in [-0.1, -0.05) is 26.7 Å². The van der Waals surface area contributed by atoms with Crippen LogP contribution in [0, 0.1) is 0 Å². The normalized spacial score (nSPS) is 16.3. The van der Waals surface area contributed by atoms with Crippen LogP contribution in [0.4, 0.5) is 0 Å². The molecule has 1 aliphatic heterocycles. The highest BCUT2D eigenvalue weighted by atomic mass is 16.5. The van der Waals surface area contributed by atoms with E-state index in [0.29, 0.717) is 60.2 Å². The number of fused-ring (bicyclic) bond motifs is 1. The monoisotopic (exact) mass is 540 g/mol. The number of benzene rings is 2. The molecule has 8 heteroatoms. The summed E-state index contributed by atoms with van der Waals surface area (Å²) < 4.78 is 24.1. The predicted molar refractivity (Wildman–Crippen MR) is 148 cm³/mol. The van der Waals surface area contributed by atoms with Gasteiger partial charge in [-0.05, 0) is 57.4 Å². The summed E-state index contributed by atoms with van der Waals surface area (Å²) in [7, 11) is 1.57. The van der Waals surface area contributed by atoms with Gasteiger partial charge in [0, 0.05) is 24.0 Å². The lowest BCUT2D eigenvalue weighted by Crippen LogP contribution is -2.40. The second-order valence-corrected chi connectivity index (χ2v) is 10.2. The number of carboxylic acid groups (broad SMARTS) is 1. The minimum Gasteiger partial charge on any atom is -0.496 e. The maximum atomic E-state index is 12.9. The Morgan fingerprint density at radius 1 is 1.00 bits per heavy atom. The molecule has 1 atom stereocenters. The molecule has 2 aromatic carbocycles. The van der Waals surface area contributed by atoms with Crippen molar-refractivity contribution >= 4 is 17.5 Å². The highest BCUT2D eigenvalue weighted by Crippen LogP contribution is 2.42. The lowest BCUT2D eigenvalue weighted by molar-refractivity contribution is -0.138. The Kier molecular flexibility index (Phi) is 10.4. The zero-order valence-corrected chi connectivity index (χ0v) is 23.7. The van der Waals surface area contributed by atoms with E-state index in [1.54, 1.807) is 26.2 Å². The van der Waals surface area contributed by atoms with Crippen LogP contribution < -0.4 is 18.9 Å². The van der Waals surface area contributed by atoms with E-state index in [1.165, 1.54) is 6.92 Å². The number of hydrogen-bond acceptors (Lipinski definition) is 7. The number of rotatable bonds is 15. The molecule has 1 aliphatic rings. The van der Waals surface area contributed by atoms with Gasteiger partial charge >= 0.3 is 5.97 Å². The Balaban J connectivity index is 1.70. The van der Waals surface area contributed by atoms with Gasteiger partial charge in [-0.25, -0.2) is 0 Å². The highest BCUT2D eigenvalue weighted by molar-refractivity contribution is 6.01. The van der Waals surface area contributed by atoms with Crippen molar-refractivity contribution in [2.75, 3.05) is 20.3 Å². The Hall–Kier alpha value is -3.55. The third-order valence-electron chi connectivity index (χ3n) is 6.87. The van der Waals surface area contributed by atoms with E-state index in [9.17, 15) is 14.4 Å². The maximum absolute atomic E-state index is 12.9. The third-order valence-corrected chi connectivity index (χ3v) is 6.87. The Bertz CT molecular complexity index is 1200. The van der Waals surface area contributed by atoms with Gasteiger partial charge in [0.25, 0.3) is 0 Å². The number of carbonyl (C=O) groups excluding carboxylic acids is 2. The van der Waals surface area contributed by atoms with Crippen LogP contribution >= 0.6 is 0 Å². The van der Waals surface area contributed by atoms with Crippen molar-refractivity contribution in [2.45, 2.75) is 84.7 Å². The lowest BCUT2D eigenvalue weighted by atomic mass is 9.86. The van der Waals surface area contributed by atoms with Crippen molar-refractivity contribution in [1.29, 1.82) is 0 Å². The molecular formula is C31H40O8. The number of methoxy groups -OCH3 is 1. The van der Waals surface area contributed by atoms with E-state index in [4.69, 9.17) is 24.1 Å². The molecule has 0 aromatic heterocycles. The van der Waals surface area contributed by atoms with Gasteiger partial charge in [0.1, 0.15) is 28.6 Å². The second-order valence-electron chi connectivity index (χ2n) is 10.2. The molecule has 1 heterocycles. The first-order chi connectivity index (χ1) is 18.6. The van der Waals surface area contributed by atoms with Crippen LogP contribution in [0.3, 0.4) is 0 Å². The number of aliphatic carboxylic acids is 1. The fourth-order valence-corrected chi connectivity index (χ4v) is 4.96. The first-order valence-electron chi connectivity index (χ1n) is 13.7. The molecule has 3 rings (SSSR count). The average Bonchev–Trinajstić information content (AvgIpc) is 2.89. The molecule has 8 nitrogen and oxygen atoms in total. The standard InChI is InChI=1S/C31H40O8/c1-6-9-23-26(13-11-21(20(3)32)29(23)36-5)37-17-8-18-38-27-14-12-22-25(33)19-31(4,16-15-28(34)35)39-30(22)24(27)10-7-2/h11-14H,6-10,15-19H2,1-5H3,(H,34,35). The molecule has 39 heavy (non-hydrogen) atoms. The molecule has 0 saturated heterocycles. The average molecular weight is 541 g/mol. The van der Waals surface area contributed by atoms with Gasteiger partial charge in [0.2, 0.25) is 0 Å². The van der Waals surface area contributed by atoms with E-state index in [2.05, 4.69) is 6.92 Å². The van der Waals surface area contributed by atoms with Crippen LogP contribution in [0.5, 0.6) is 23.0 Å². The van der Waals surface area contributed by atoms with E-state index in [1.807, 2.05) is 19.1 Å². The Morgan fingerprint density at radius 2 is 1.62 bits per heavy atom. The van der Waals surface area contributed by atoms with Crippen LogP contribution in [-0.4, -0.2) is 48.6 Å². The summed E-state index contributed by atoms with van der Waals surface area (Å²) in [4.78, 5) is 36.1. The molecule has 212 valence electrons. The topological polar surface area (TPSA) is 108 Å². The summed E-state index contributed by atoms with van der Waals surface area (Å²) in [5.41, 5.74) is 1.93. The quantitative estimate of drug-likeness (QED) is 0.209. The summed E-state index contributed by atoms with van der Waals surface area (Å²) in [5, 5.41) is 9.13. The van der Waals surface area contributed by atoms with E-state index < -0.39 is 11.6 Å². The molecular weight excluding hydrogens is 500 g/mol. The van der Waals surface area contributed by atoms with Gasteiger partial charge in [-0.15, -0.1) is 0 Å². The van der Waals surface area contributed by atoms with E-state index in [-0.39, 0.29) is 30.8 Å². The molecule has 0 saturated carbocycles. The Labute approximate surface area is 230 Å². The van der Waals surface area contributed by atoms with Gasteiger partial charge in [0.05, 0.1) is 37.9 Å². The zero-order valence-electron chi connectivity index (χ0n) is 23.7. The number of carboxylic acids is 1. The van der Waals surface area contributed by atoms with Crippen molar-refractivity contribution in [2.24, 2.45) is 0 Å². The van der Waals surface area contributed by atoms with Crippen LogP contribution in [0.1, 0.15) is 98.1 Å². The number of hydrogen-bond donors (Lipinski definition) is 1. The molecule has 0 spiro atoms. The fourth-order valence-electron chi connectivity index (χ4n) is 4.96. The summed E-state index contributed by atoms with van der Waals surface area (Å²) in [6, 6.07) is 7.11. The molecule has 1 N–H and O–H groups in total. The van der Waals surface area contributed by atoms with Gasteiger partial charge in [0.15, 0.2) is 11.6 Å². The molecule has 0 fully saturated rings. The first-order valence-corrected chi connectivity index (χ1v) is 13.7. The molecule has 0 aliphatic carbocycles. The first kappa shape index (κ1) is 30.0. The smallest absolute Gasteiger partial charge is 0.303 e.